The van der Waals surface area contributed by atoms with Gasteiger partial charge in [0.2, 0.25) is 0 Å². The lowest BCUT2D eigenvalue weighted by atomic mass is 10.0. The summed E-state index contributed by atoms with van der Waals surface area (Å²) in [5, 5.41) is 2.33. The maximum Gasteiger partial charge on any atom is 0.101 e. The molecule has 0 spiro atoms. The van der Waals surface area contributed by atoms with Crippen LogP contribution in [0.1, 0.15) is 0 Å². The smallest absolute Gasteiger partial charge is 0.101 e. The van der Waals surface area contributed by atoms with E-state index in [0.717, 1.165) is 32.8 Å². The van der Waals surface area contributed by atoms with Crippen molar-refractivity contribution in [1.82, 2.24) is 0 Å². The molecule has 0 saturated heterocycles. The Balaban J connectivity index is 0.990. The minimum absolute atomic E-state index is 1.11. The fraction of sp³-hybridized carbons (Fsp3) is 0. The van der Waals surface area contributed by atoms with Crippen molar-refractivity contribution >= 4 is 55.4 Å². The number of hydrogen-bond acceptors (Lipinski definition) is 4. The van der Waals surface area contributed by atoms with Gasteiger partial charge < -0.3 is 9.80 Å². The van der Waals surface area contributed by atoms with Crippen LogP contribution in [0.4, 0.5) is 32.8 Å². The van der Waals surface area contributed by atoms with E-state index in [4.69, 9.17) is 0 Å². The van der Waals surface area contributed by atoms with Crippen molar-refractivity contribution in [2.75, 3.05) is 9.80 Å². The molecule has 0 N–H and O–H groups in total. The van der Waals surface area contributed by atoms with Gasteiger partial charge in [0.1, 0.15) is 10.0 Å². The first kappa shape index (κ1) is 37.1. The molecule has 2 heterocycles. The van der Waals surface area contributed by atoms with E-state index in [1.54, 1.807) is 0 Å². The molecule has 2 aromatic heterocycles. The van der Waals surface area contributed by atoms with Gasteiger partial charge in [-0.1, -0.05) is 170 Å². The summed E-state index contributed by atoms with van der Waals surface area (Å²) in [6.45, 7) is 0. The van der Waals surface area contributed by atoms with Gasteiger partial charge in [-0.3, -0.25) is 0 Å². The highest BCUT2D eigenvalue weighted by molar-refractivity contribution is 7.19. The Morgan fingerprint density at radius 3 is 0.900 bits per heavy atom. The summed E-state index contributed by atoms with van der Waals surface area (Å²) in [5.41, 5.74) is 14.0. The summed E-state index contributed by atoms with van der Waals surface area (Å²) in [4.78, 5) is 7.24. The molecular weight excluding hydrogens is 765 g/mol. The zero-order valence-corrected chi connectivity index (χ0v) is 34.4. The summed E-state index contributed by atoms with van der Waals surface area (Å²) < 4.78 is 0. The molecule has 0 saturated carbocycles. The topological polar surface area (TPSA) is 6.48 Å². The van der Waals surface area contributed by atoms with E-state index in [-0.39, 0.29) is 0 Å². The summed E-state index contributed by atoms with van der Waals surface area (Å²) in [7, 11) is 0. The Kier molecular flexibility index (Phi) is 10.5. The summed E-state index contributed by atoms with van der Waals surface area (Å²) >= 11 is 3.62. The van der Waals surface area contributed by atoms with Crippen molar-refractivity contribution in [1.29, 1.82) is 0 Å². The maximum absolute atomic E-state index is 2.38. The molecule has 0 atom stereocenters. The summed E-state index contributed by atoms with van der Waals surface area (Å²) in [6.07, 6.45) is 0. The maximum atomic E-state index is 2.38. The summed E-state index contributed by atoms with van der Waals surface area (Å²) in [5.74, 6) is 0. The first-order valence-electron chi connectivity index (χ1n) is 20.2. The lowest BCUT2D eigenvalue weighted by molar-refractivity contribution is 1.31. The third kappa shape index (κ3) is 7.82. The van der Waals surface area contributed by atoms with E-state index in [1.165, 1.54) is 54.3 Å². The Bertz CT molecular complexity index is 2750. The number of anilines is 6. The zero-order valence-electron chi connectivity index (χ0n) is 32.8. The molecule has 0 aliphatic rings. The zero-order chi connectivity index (χ0) is 40.1. The van der Waals surface area contributed by atoms with Gasteiger partial charge in [-0.15, -0.1) is 22.7 Å². The van der Waals surface area contributed by atoms with E-state index in [1.807, 2.05) is 22.7 Å². The van der Waals surface area contributed by atoms with Crippen molar-refractivity contribution in [2.24, 2.45) is 0 Å². The Morgan fingerprint density at radius 1 is 0.217 bits per heavy atom. The fourth-order valence-electron chi connectivity index (χ4n) is 7.73. The van der Waals surface area contributed by atoms with Crippen molar-refractivity contribution in [2.45, 2.75) is 0 Å². The van der Waals surface area contributed by atoms with Gasteiger partial charge in [-0.2, -0.15) is 0 Å². The molecule has 0 fully saturated rings. The van der Waals surface area contributed by atoms with E-state index in [2.05, 4.69) is 252 Å². The predicted octanol–water partition coefficient (Wildman–Crippen LogP) is 17.1. The quantitative estimate of drug-likeness (QED) is 0.128. The minimum atomic E-state index is 1.11. The second kappa shape index (κ2) is 16.9. The molecule has 0 aliphatic heterocycles. The number of rotatable bonds is 11. The monoisotopic (exact) mass is 804 g/mol. The van der Waals surface area contributed by atoms with Gasteiger partial charge >= 0.3 is 0 Å². The molecule has 0 radical (unpaired) electrons. The van der Waals surface area contributed by atoms with Crippen LogP contribution in [0.15, 0.2) is 243 Å². The highest BCUT2D eigenvalue weighted by atomic mass is 32.1. The van der Waals surface area contributed by atoms with Gasteiger partial charge in [0, 0.05) is 32.5 Å². The third-order valence-electron chi connectivity index (χ3n) is 10.7. The van der Waals surface area contributed by atoms with E-state index in [0.29, 0.717) is 0 Å². The molecule has 60 heavy (non-hydrogen) atoms. The van der Waals surface area contributed by atoms with Gasteiger partial charge in [-0.05, 0) is 117 Å². The molecule has 10 aromatic rings. The molecule has 0 amide bonds. The van der Waals surface area contributed by atoms with E-state index in [9.17, 15) is 0 Å². The SMILES string of the molecule is c1ccc(-c2cccc(N(c3ccc(-c4ccc(N(c5cccc(-c6ccccc6)c5)c5ccc(-c6ccccc6)s5)cc4)cc3)c3ccc(-c4ccccc4)s3)c2)cc1. The van der Waals surface area contributed by atoms with E-state index < -0.39 is 0 Å². The molecule has 8 aromatic carbocycles. The third-order valence-corrected chi connectivity index (χ3v) is 13.0. The molecule has 0 aliphatic carbocycles. The van der Waals surface area contributed by atoms with Gasteiger partial charge in [0.05, 0.1) is 0 Å². The number of nitrogens with zero attached hydrogens (tertiary/aromatic N) is 2. The molecule has 0 unspecified atom stereocenters. The van der Waals surface area contributed by atoms with Gasteiger partial charge in [0.25, 0.3) is 0 Å². The number of thiophene rings is 2. The first-order chi connectivity index (χ1) is 29.7. The number of hydrogen-bond donors (Lipinski definition) is 0. The van der Waals surface area contributed by atoms with E-state index >= 15 is 0 Å². The molecule has 0 bridgehead atoms. The van der Waals surface area contributed by atoms with Crippen LogP contribution in [-0.2, 0) is 0 Å². The van der Waals surface area contributed by atoms with Crippen LogP contribution >= 0.6 is 22.7 Å². The molecule has 4 heteroatoms. The largest absolute Gasteiger partial charge is 0.302 e. The Labute approximate surface area is 360 Å². The lowest BCUT2D eigenvalue weighted by Gasteiger charge is -2.25. The van der Waals surface area contributed by atoms with Gasteiger partial charge in [-0.25, -0.2) is 0 Å². The first-order valence-corrected chi connectivity index (χ1v) is 21.8. The molecular formula is C56H40N2S2. The molecule has 2 nitrogen and oxygen atoms in total. The molecule has 286 valence electrons. The fourth-order valence-corrected chi connectivity index (χ4v) is 9.84. The standard InChI is InChI=1S/C56H40N2S2/c1-5-15-41(16-6-1)47-23-13-25-51(39-47)57(55-37-35-53(59-55)45-19-9-3-10-20-45)49-31-27-43(28-32-49)44-29-33-50(34-30-44)58(56-38-36-54(60-56)46-21-11-4-12-22-46)52-26-14-24-48(40-52)42-17-7-2-8-18-42/h1-40H. The molecule has 10 rings (SSSR count). The second-order valence-corrected chi connectivity index (χ2v) is 16.7. The van der Waals surface area contributed by atoms with Crippen molar-refractivity contribution in [3.8, 4) is 54.3 Å². The van der Waals surface area contributed by atoms with Crippen molar-refractivity contribution in [3.05, 3.63) is 243 Å². The van der Waals surface area contributed by atoms with Crippen LogP contribution in [0, 0.1) is 0 Å². The normalized spacial score (nSPS) is 11.0. The van der Waals surface area contributed by atoms with Gasteiger partial charge in [0.15, 0.2) is 0 Å². The van der Waals surface area contributed by atoms with Crippen molar-refractivity contribution < 1.29 is 0 Å². The minimum Gasteiger partial charge on any atom is -0.302 e. The van der Waals surface area contributed by atoms with Crippen LogP contribution < -0.4 is 9.80 Å². The van der Waals surface area contributed by atoms with Crippen molar-refractivity contribution in [3.63, 3.8) is 0 Å². The highest BCUT2D eigenvalue weighted by Gasteiger charge is 2.19. The van der Waals surface area contributed by atoms with Crippen LogP contribution in [0.5, 0.6) is 0 Å². The second-order valence-electron chi connectivity index (χ2n) is 14.6. The highest BCUT2D eigenvalue weighted by Crippen LogP contribution is 2.45. The Morgan fingerprint density at radius 2 is 0.533 bits per heavy atom. The van der Waals surface area contributed by atoms with Crippen LogP contribution in [0.25, 0.3) is 54.3 Å². The average molecular weight is 805 g/mol. The predicted molar refractivity (Wildman–Crippen MR) is 259 cm³/mol. The summed E-state index contributed by atoms with van der Waals surface area (Å²) in [6, 6.07) is 87.1. The average Bonchev–Trinajstić information content (AvgIpc) is 4.03. The number of benzene rings is 8. The van der Waals surface area contributed by atoms with Crippen LogP contribution in [-0.4, -0.2) is 0 Å². The lowest BCUT2D eigenvalue weighted by Crippen LogP contribution is -2.08. The Hall–Kier alpha value is -7.24. The van der Waals surface area contributed by atoms with Crippen LogP contribution in [0.2, 0.25) is 0 Å². The van der Waals surface area contributed by atoms with Crippen LogP contribution in [0.3, 0.4) is 0 Å².